The van der Waals surface area contributed by atoms with E-state index in [2.05, 4.69) is 5.16 Å². The van der Waals surface area contributed by atoms with Crippen LogP contribution in [0.25, 0.3) is 0 Å². The van der Waals surface area contributed by atoms with Crippen molar-refractivity contribution in [3.8, 4) is 0 Å². The first-order valence-electron chi connectivity index (χ1n) is 4.93. The van der Waals surface area contributed by atoms with Crippen molar-refractivity contribution in [1.29, 1.82) is 0 Å². The molecule has 0 amide bonds. The molecule has 1 aromatic rings. The Balaban J connectivity index is 2.81. The van der Waals surface area contributed by atoms with Crippen molar-refractivity contribution in [3.05, 3.63) is 35.9 Å². The second-order valence-electron chi connectivity index (χ2n) is 3.19. The van der Waals surface area contributed by atoms with Crippen molar-refractivity contribution >= 4 is 5.84 Å². The first kappa shape index (κ1) is 11.5. The van der Waals surface area contributed by atoms with Crippen LogP contribution in [-0.4, -0.2) is 17.6 Å². The number of rotatable bonds is 5. The van der Waals surface area contributed by atoms with E-state index in [1.807, 2.05) is 37.3 Å². The lowest BCUT2D eigenvalue weighted by molar-refractivity contribution is 0.0950. The molecule has 0 saturated heterocycles. The summed E-state index contributed by atoms with van der Waals surface area (Å²) < 4.78 is 5.51. The van der Waals surface area contributed by atoms with Gasteiger partial charge in [-0.3, -0.25) is 0 Å². The summed E-state index contributed by atoms with van der Waals surface area (Å²) in [6.07, 6.45) is 0.429. The topological polar surface area (TPSA) is 67.8 Å². The van der Waals surface area contributed by atoms with Crippen LogP contribution in [-0.2, 0) is 4.74 Å². The summed E-state index contributed by atoms with van der Waals surface area (Å²) >= 11 is 0. The number of nitrogens with zero attached hydrogens (tertiary/aromatic N) is 1. The molecule has 15 heavy (non-hydrogen) atoms. The highest BCUT2D eigenvalue weighted by atomic mass is 16.5. The second-order valence-corrected chi connectivity index (χ2v) is 3.19. The van der Waals surface area contributed by atoms with Gasteiger partial charge in [0.05, 0.1) is 0 Å². The fourth-order valence-electron chi connectivity index (χ4n) is 1.27. The lowest BCUT2D eigenvalue weighted by Gasteiger charge is -2.16. The van der Waals surface area contributed by atoms with Gasteiger partial charge in [0.1, 0.15) is 6.10 Å². The number of oxime groups is 1. The molecule has 82 valence electrons. The molecule has 0 aliphatic rings. The average molecular weight is 208 g/mol. The van der Waals surface area contributed by atoms with Crippen molar-refractivity contribution < 1.29 is 9.94 Å². The molecule has 0 spiro atoms. The van der Waals surface area contributed by atoms with Crippen molar-refractivity contribution in [1.82, 2.24) is 0 Å². The monoisotopic (exact) mass is 208 g/mol. The van der Waals surface area contributed by atoms with Crippen LogP contribution >= 0.6 is 0 Å². The fraction of sp³-hybridized carbons (Fsp3) is 0.364. The predicted molar refractivity (Wildman–Crippen MR) is 58.8 cm³/mol. The minimum Gasteiger partial charge on any atom is -0.409 e. The molecule has 1 atom stereocenters. The summed E-state index contributed by atoms with van der Waals surface area (Å²) in [5, 5.41) is 11.6. The number of amidine groups is 1. The lowest BCUT2D eigenvalue weighted by Crippen LogP contribution is -2.24. The highest BCUT2D eigenvalue weighted by molar-refractivity contribution is 5.85. The van der Waals surface area contributed by atoms with E-state index in [-0.39, 0.29) is 5.84 Å². The summed E-state index contributed by atoms with van der Waals surface area (Å²) in [4.78, 5) is 0. The van der Waals surface area contributed by atoms with E-state index in [0.29, 0.717) is 6.61 Å². The normalized spacial score (nSPS) is 13.8. The highest BCUT2D eigenvalue weighted by Gasteiger charge is 2.16. The maximum absolute atomic E-state index is 8.65. The van der Waals surface area contributed by atoms with Crippen LogP contribution in [0.4, 0.5) is 0 Å². The van der Waals surface area contributed by atoms with Gasteiger partial charge in [0, 0.05) is 6.61 Å². The zero-order valence-electron chi connectivity index (χ0n) is 8.76. The molecule has 4 nitrogen and oxygen atoms in total. The Morgan fingerprint density at radius 2 is 2.13 bits per heavy atom. The molecular weight excluding hydrogens is 192 g/mol. The van der Waals surface area contributed by atoms with Gasteiger partial charge in [-0.1, -0.05) is 42.4 Å². The Morgan fingerprint density at radius 3 is 2.67 bits per heavy atom. The van der Waals surface area contributed by atoms with Gasteiger partial charge in [-0.15, -0.1) is 0 Å². The number of hydrogen-bond donors (Lipinski definition) is 2. The molecule has 4 heteroatoms. The molecule has 0 bridgehead atoms. The average Bonchev–Trinajstić information content (AvgIpc) is 2.30. The van der Waals surface area contributed by atoms with Gasteiger partial charge >= 0.3 is 0 Å². The van der Waals surface area contributed by atoms with Gasteiger partial charge in [-0.05, 0) is 12.0 Å². The van der Waals surface area contributed by atoms with Crippen LogP contribution < -0.4 is 5.73 Å². The van der Waals surface area contributed by atoms with Crippen LogP contribution in [0.3, 0.4) is 0 Å². The van der Waals surface area contributed by atoms with E-state index in [1.54, 1.807) is 0 Å². The summed E-state index contributed by atoms with van der Waals surface area (Å²) in [6.45, 7) is 2.59. The molecule has 3 N–H and O–H groups in total. The molecule has 0 radical (unpaired) electrons. The van der Waals surface area contributed by atoms with Gasteiger partial charge in [0.2, 0.25) is 0 Å². The number of nitrogens with two attached hydrogens (primary N) is 1. The van der Waals surface area contributed by atoms with Gasteiger partial charge < -0.3 is 15.7 Å². The molecule has 1 rings (SSSR count). The molecule has 0 saturated carbocycles. The summed E-state index contributed by atoms with van der Waals surface area (Å²) in [7, 11) is 0. The third kappa shape index (κ3) is 3.25. The highest BCUT2D eigenvalue weighted by Crippen LogP contribution is 2.17. The molecule has 0 unspecified atom stereocenters. The van der Waals surface area contributed by atoms with Crippen molar-refractivity contribution in [2.45, 2.75) is 19.4 Å². The zero-order chi connectivity index (χ0) is 11.1. The zero-order valence-corrected chi connectivity index (χ0v) is 8.76. The second kappa shape index (κ2) is 6.03. The van der Waals surface area contributed by atoms with E-state index in [1.165, 1.54) is 0 Å². The van der Waals surface area contributed by atoms with Crippen LogP contribution in [0.5, 0.6) is 0 Å². The predicted octanol–water partition coefficient (Wildman–Crippen LogP) is 1.90. The molecule has 0 aromatic heterocycles. The van der Waals surface area contributed by atoms with Crippen molar-refractivity contribution in [2.24, 2.45) is 10.9 Å². The van der Waals surface area contributed by atoms with Gasteiger partial charge in [-0.25, -0.2) is 0 Å². The standard InChI is InChI=1S/C11H16N2O2/c1-2-8-15-10(11(12)13-14)9-6-4-3-5-7-9/h3-7,10,14H,2,8H2,1H3,(H2,12,13)/t10-/m1/s1. The Kier molecular flexibility index (Phi) is 4.63. The van der Waals surface area contributed by atoms with E-state index in [0.717, 1.165) is 12.0 Å². The third-order valence-corrected chi connectivity index (χ3v) is 1.98. The fourth-order valence-corrected chi connectivity index (χ4v) is 1.27. The van der Waals surface area contributed by atoms with E-state index in [4.69, 9.17) is 15.7 Å². The summed E-state index contributed by atoms with van der Waals surface area (Å²) in [5.41, 5.74) is 6.46. The van der Waals surface area contributed by atoms with E-state index in [9.17, 15) is 0 Å². The Morgan fingerprint density at radius 1 is 1.47 bits per heavy atom. The molecular formula is C11H16N2O2. The van der Waals surface area contributed by atoms with Crippen LogP contribution in [0.2, 0.25) is 0 Å². The SMILES string of the molecule is CCCO[C@@H](/C(N)=N\O)c1ccccc1. The maximum atomic E-state index is 8.65. The number of hydrogen-bond acceptors (Lipinski definition) is 3. The Bertz CT molecular complexity index is 312. The smallest absolute Gasteiger partial charge is 0.173 e. The molecule has 0 aliphatic carbocycles. The minimum atomic E-state index is -0.462. The summed E-state index contributed by atoms with van der Waals surface area (Å²) in [6, 6.07) is 9.47. The van der Waals surface area contributed by atoms with Crippen LogP contribution in [0.15, 0.2) is 35.5 Å². The molecule has 1 aromatic carbocycles. The first-order chi connectivity index (χ1) is 7.29. The maximum Gasteiger partial charge on any atom is 0.173 e. The number of ether oxygens (including phenoxy) is 1. The van der Waals surface area contributed by atoms with Crippen LogP contribution in [0.1, 0.15) is 25.0 Å². The molecule has 0 aliphatic heterocycles. The minimum absolute atomic E-state index is 0.0784. The molecule has 0 fully saturated rings. The van der Waals surface area contributed by atoms with Gasteiger partial charge in [0.25, 0.3) is 0 Å². The summed E-state index contributed by atoms with van der Waals surface area (Å²) in [5.74, 6) is 0.0784. The molecule has 0 heterocycles. The largest absolute Gasteiger partial charge is 0.409 e. The third-order valence-electron chi connectivity index (χ3n) is 1.98. The lowest BCUT2D eigenvalue weighted by atomic mass is 10.1. The first-order valence-corrected chi connectivity index (χ1v) is 4.93. The van der Waals surface area contributed by atoms with Crippen LogP contribution in [0, 0.1) is 0 Å². The Hall–Kier alpha value is -1.55. The Labute approximate surface area is 89.4 Å². The number of benzene rings is 1. The van der Waals surface area contributed by atoms with Crippen molar-refractivity contribution in [2.75, 3.05) is 6.61 Å². The quantitative estimate of drug-likeness (QED) is 0.336. The van der Waals surface area contributed by atoms with Gasteiger partial charge in [0.15, 0.2) is 5.84 Å². The van der Waals surface area contributed by atoms with E-state index >= 15 is 0 Å². The van der Waals surface area contributed by atoms with Gasteiger partial charge in [-0.2, -0.15) is 0 Å². The van der Waals surface area contributed by atoms with E-state index < -0.39 is 6.10 Å². The van der Waals surface area contributed by atoms with Crippen molar-refractivity contribution in [3.63, 3.8) is 0 Å².